The number of hydrogen-bond acceptors (Lipinski definition) is 5. The lowest BCUT2D eigenvalue weighted by molar-refractivity contribution is -0.144. The summed E-state index contributed by atoms with van der Waals surface area (Å²) in [5.41, 5.74) is 0.509. The molecule has 0 amide bonds. The van der Waals surface area contributed by atoms with E-state index in [1.165, 1.54) is 20.4 Å². The van der Waals surface area contributed by atoms with Crippen molar-refractivity contribution in [3.05, 3.63) is 40.5 Å². The molecule has 0 aliphatic carbocycles. The van der Waals surface area contributed by atoms with Crippen LogP contribution in [0.2, 0.25) is 0 Å². The van der Waals surface area contributed by atoms with E-state index < -0.39 is 11.9 Å². The molecular weight excluding hydrogens is 302 g/mol. The van der Waals surface area contributed by atoms with E-state index in [2.05, 4.69) is 30.7 Å². The number of esters is 2. The van der Waals surface area contributed by atoms with Crippen LogP contribution in [0.3, 0.4) is 0 Å². The molecule has 0 aliphatic rings. The zero-order valence-corrected chi connectivity index (χ0v) is 11.5. The molecule has 0 atom stereocenters. The van der Waals surface area contributed by atoms with Gasteiger partial charge in [-0.15, -0.1) is 0 Å². The molecule has 6 heteroatoms. The molecule has 0 aromatic heterocycles. The zero-order chi connectivity index (χ0) is 13.5. The second-order valence-electron chi connectivity index (χ2n) is 3.20. The third-order valence-electron chi connectivity index (χ3n) is 2.02. The Hall–Kier alpha value is -1.82. The first-order chi connectivity index (χ1) is 8.58. The van der Waals surface area contributed by atoms with Crippen LogP contribution in [0.4, 0.5) is 5.69 Å². The van der Waals surface area contributed by atoms with Crippen molar-refractivity contribution in [2.45, 2.75) is 0 Å². The van der Waals surface area contributed by atoms with Crippen LogP contribution in [0.5, 0.6) is 0 Å². The van der Waals surface area contributed by atoms with Crippen LogP contribution in [0.1, 0.15) is 0 Å². The van der Waals surface area contributed by atoms with Gasteiger partial charge in [0.15, 0.2) is 5.57 Å². The van der Waals surface area contributed by atoms with Crippen molar-refractivity contribution in [3.8, 4) is 0 Å². The molecule has 5 nitrogen and oxygen atoms in total. The molecule has 0 fully saturated rings. The average molecular weight is 314 g/mol. The number of hydrogen-bond donors (Lipinski definition) is 1. The van der Waals surface area contributed by atoms with Gasteiger partial charge in [-0.3, -0.25) is 0 Å². The highest BCUT2D eigenvalue weighted by Gasteiger charge is 2.19. The first-order valence-electron chi connectivity index (χ1n) is 4.97. The van der Waals surface area contributed by atoms with E-state index in [0.29, 0.717) is 0 Å². The van der Waals surface area contributed by atoms with E-state index in [1.807, 2.05) is 12.1 Å². The van der Waals surface area contributed by atoms with Gasteiger partial charge in [0.2, 0.25) is 0 Å². The average Bonchev–Trinajstić information content (AvgIpc) is 2.38. The van der Waals surface area contributed by atoms with Crippen molar-refractivity contribution < 1.29 is 19.1 Å². The second kappa shape index (κ2) is 6.80. The summed E-state index contributed by atoms with van der Waals surface area (Å²) in [4.78, 5) is 22.7. The first-order valence-corrected chi connectivity index (χ1v) is 5.76. The molecule has 0 heterocycles. The quantitative estimate of drug-likeness (QED) is 0.399. The Kier molecular flexibility index (Phi) is 5.38. The van der Waals surface area contributed by atoms with Crippen LogP contribution in [-0.2, 0) is 19.1 Å². The summed E-state index contributed by atoms with van der Waals surface area (Å²) in [5.74, 6) is -1.52. The minimum Gasteiger partial charge on any atom is -0.465 e. The third kappa shape index (κ3) is 3.89. The Morgan fingerprint density at radius 3 is 2.33 bits per heavy atom. The van der Waals surface area contributed by atoms with Crippen LogP contribution >= 0.6 is 15.9 Å². The van der Waals surface area contributed by atoms with E-state index in [9.17, 15) is 9.59 Å². The normalized spacial score (nSPS) is 9.28. The minimum absolute atomic E-state index is 0.208. The molecule has 18 heavy (non-hydrogen) atoms. The predicted molar refractivity (Wildman–Crippen MR) is 69.9 cm³/mol. The van der Waals surface area contributed by atoms with Crippen LogP contribution in [0, 0.1) is 0 Å². The Labute approximate surface area is 113 Å². The summed E-state index contributed by atoms with van der Waals surface area (Å²) >= 11 is 3.31. The molecule has 0 saturated heterocycles. The molecule has 1 N–H and O–H groups in total. The summed E-state index contributed by atoms with van der Waals surface area (Å²) in [6, 6.07) is 7.25. The minimum atomic E-state index is -0.760. The third-order valence-corrected chi connectivity index (χ3v) is 2.51. The number of methoxy groups -OCH3 is 2. The molecule has 1 aromatic rings. The predicted octanol–water partition coefficient (Wildman–Crippen LogP) is 2.09. The zero-order valence-electron chi connectivity index (χ0n) is 9.90. The van der Waals surface area contributed by atoms with E-state index >= 15 is 0 Å². The van der Waals surface area contributed by atoms with Crippen molar-refractivity contribution >= 4 is 33.6 Å². The summed E-state index contributed by atoms with van der Waals surface area (Å²) in [5, 5.41) is 2.82. The number of carbonyl (C=O) groups is 2. The van der Waals surface area contributed by atoms with Crippen LogP contribution in [0.15, 0.2) is 40.5 Å². The molecule has 0 aliphatic heterocycles. The number of anilines is 1. The maximum atomic E-state index is 11.4. The maximum Gasteiger partial charge on any atom is 0.346 e. The lowest BCUT2D eigenvalue weighted by Crippen LogP contribution is -2.17. The van der Waals surface area contributed by atoms with Gasteiger partial charge >= 0.3 is 11.9 Å². The number of benzene rings is 1. The van der Waals surface area contributed by atoms with Gasteiger partial charge < -0.3 is 14.8 Å². The molecule has 0 unspecified atom stereocenters. The van der Waals surface area contributed by atoms with Crippen LogP contribution < -0.4 is 5.32 Å². The molecule has 0 radical (unpaired) electrons. The topological polar surface area (TPSA) is 64.6 Å². The maximum absolute atomic E-state index is 11.4. The molecule has 1 rings (SSSR count). The molecular formula is C12H12BrNO4. The van der Waals surface area contributed by atoms with Crippen molar-refractivity contribution in [3.63, 3.8) is 0 Å². The number of rotatable bonds is 4. The Balaban J connectivity index is 2.90. The van der Waals surface area contributed by atoms with Gasteiger partial charge in [0.05, 0.1) is 14.2 Å². The van der Waals surface area contributed by atoms with Gasteiger partial charge in [-0.05, 0) is 18.2 Å². The van der Waals surface area contributed by atoms with Crippen molar-refractivity contribution in [1.82, 2.24) is 0 Å². The number of ether oxygens (including phenoxy) is 2. The van der Waals surface area contributed by atoms with E-state index in [1.54, 1.807) is 12.1 Å². The lowest BCUT2D eigenvalue weighted by Gasteiger charge is -2.05. The van der Waals surface area contributed by atoms with Crippen molar-refractivity contribution in [1.29, 1.82) is 0 Å². The Bertz CT molecular complexity index is 467. The number of nitrogens with one attached hydrogen (secondary N) is 1. The van der Waals surface area contributed by atoms with E-state index in [0.717, 1.165) is 10.2 Å². The highest BCUT2D eigenvalue weighted by atomic mass is 79.9. The molecule has 0 saturated carbocycles. The second-order valence-corrected chi connectivity index (χ2v) is 4.11. The molecule has 0 spiro atoms. The Morgan fingerprint density at radius 2 is 1.83 bits per heavy atom. The van der Waals surface area contributed by atoms with Gasteiger partial charge in [-0.25, -0.2) is 9.59 Å². The number of halogens is 1. The van der Waals surface area contributed by atoms with Gasteiger partial charge in [0.25, 0.3) is 0 Å². The van der Waals surface area contributed by atoms with Gasteiger partial charge in [0, 0.05) is 16.4 Å². The van der Waals surface area contributed by atoms with E-state index in [-0.39, 0.29) is 5.57 Å². The fourth-order valence-electron chi connectivity index (χ4n) is 1.15. The first kappa shape index (κ1) is 14.2. The van der Waals surface area contributed by atoms with Gasteiger partial charge in [-0.2, -0.15) is 0 Å². The lowest BCUT2D eigenvalue weighted by atomic mass is 10.3. The molecule has 96 valence electrons. The van der Waals surface area contributed by atoms with Crippen molar-refractivity contribution in [2.24, 2.45) is 0 Å². The van der Waals surface area contributed by atoms with Gasteiger partial charge in [0.1, 0.15) is 0 Å². The number of carbonyl (C=O) groups excluding carboxylic acids is 2. The monoisotopic (exact) mass is 313 g/mol. The fraction of sp³-hybridized carbons (Fsp3) is 0.167. The largest absolute Gasteiger partial charge is 0.465 e. The van der Waals surface area contributed by atoms with Crippen LogP contribution in [0.25, 0.3) is 0 Å². The highest BCUT2D eigenvalue weighted by molar-refractivity contribution is 9.10. The van der Waals surface area contributed by atoms with Crippen molar-refractivity contribution in [2.75, 3.05) is 19.5 Å². The summed E-state index contributed by atoms with van der Waals surface area (Å²) < 4.78 is 9.85. The SMILES string of the molecule is COC(=O)C(=CNc1cccc(Br)c1)C(=O)OC. The summed E-state index contributed by atoms with van der Waals surface area (Å²) in [6.07, 6.45) is 1.25. The molecule has 1 aromatic carbocycles. The fourth-order valence-corrected chi connectivity index (χ4v) is 1.55. The van der Waals surface area contributed by atoms with Gasteiger partial charge in [-0.1, -0.05) is 22.0 Å². The highest BCUT2D eigenvalue weighted by Crippen LogP contribution is 2.16. The smallest absolute Gasteiger partial charge is 0.346 e. The Morgan fingerprint density at radius 1 is 1.22 bits per heavy atom. The summed E-state index contributed by atoms with van der Waals surface area (Å²) in [7, 11) is 2.39. The van der Waals surface area contributed by atoms with E-state index in [4.69, 9.17) is 0 Å². The summed E-state index contributed by atoms with van der Waals surface area (Å²) in [6.45, 7) is 0. The van der Waals surface area contributed by atoms with Crippen LogP contribution in [-0.4, -0.2) is 26.2 Å². The molecule has 0 bridgehead atoms. The standard InChI is InChI=1S/C12H12BrNO4/c1-17-11(15)10(12(16)18-2)7-14-9-5-3-4-8(13)6-9/h3-7,14H,1-2H3.